The van der Waals surface area contributed by atoms with Crippen LogP contribution in [-0.4, -0.2) is 69.6 Å². The van der Waals surface area contributed by atoms with Gasteiger partial charge in [0.2, 0.25) is 11.8 Å². The maximum atomic E-state index is 14.7. The molecule has 10 heteroatoms. The molecular weight excluding hydrogens is 614 g/mol. The number of amides is 3. The topological polar surface area (TPSA) is 114 Å². The molecule has 0 aliphatic carbocycles. The molecule has 0 spiro atoms. The van der Waals surface area contributed by atoms with Gasteiger partial charge in [-0.2, -0.15) is 11.8 Å². The summed E-state index contributed by atoms with van der Waals surface area (Å²) >= 11 is 1.55. The lowest BCUT2D eigenvalue weighted by Gasteiger charge is -2.43. The summed E-state index contributed by atoms with van der Waals surface area (Å²) in [6, 6.07) is 11.9. The van der Waals surface area contributed by atoms with Gasteiger partial charge in [-0.25, -0.2) is 9.59 Å². The molecule has 2 rings (SSSR count). The van der Waals surface area contributed by atoms with Gasteiger partial charge in [-0.1, -0.05) is 48.5 Å². The highest BCUT2D eigenvalue weighted by Gasteiger charge is 2.43. The van der Waals surface area contributed by atoms with Crippen LogP contribution in [0.4, 0.5) is 4.79 Å². The van der Waals surface area contributed by atoms with Crippen LogP contribution in [0.25, 0.3) is 0 Å². The number of carbonyl (C=O) groups is 4. The Labute approximate surface area is 285 Å². The van der Waals surface area contributed by atoms with E-state index in [-0.39, 0.29) is 6.42 Å². The minimum absolute atomic E-state index is 0.195. The van der Waals surface area contributed by atoms with E-state index in [0.717, 1.165) is 16.7 Å². The minimum atomic E-state index is -1.14. The Morgan fingerprint density at radius 1 is 0.787 bits per heavy atom. The lowest BCUT2D eigenvalue weighted by Crippen LogP contribution is -2.60. The Bertz CT molecular complexity index is 1380. The van der Waals surface area contributed by atoms with Crippen LogP contribution < -0.4 is 10.6 Å². The summed E-state index contributed by atoms with van der Waals surface area (Å²) in [5, 5.41) is 5.75. The van der Waals surface area contributed by atoms with Gasteiger partial charge in [0.25, 0.3) is 0 Å². The third-order valence-corrected chi connectivity index (χ3v) is 7.94. The van der Waals surface area contributed by atoms with Crippen molar-refractivity contribution in [1.82, 2.24) is 15.5 Å². The molecule has 9 nitrogen and oxygen atoms in total. The Morgan fingerprint density at radius 3 is 1.91 bits per heavy atom. The van der Waals surface area contributed by atoms with E-state index < -0.39 is 58.7 Å². The second-order valence-corrected chi connectivity index (χ2v) is 15.8. The maximum Gasteiger partial charge on any atom is 0.408 e. The monoisotopic (exact) mass is 669 g/mol. The fourth-order valence-electron chi connectivity index (χ4n) is 5.09. The number of ether oxygens (including phenoxy) is 2. The minimum Gasteiger partial charge on any atom is -0.458 e. The SMILES string of the molecule is CSCCC(NC(=O)OC(C)(C)C)C(=O)N(C(C(=O)NC(Cc1ccccc1)C(=O)OC(C)(C)C)c1cccc(C)c1C)C(C)(C)C. The summed E-state index contributed by atoms with van der Waals surface area (Å²) in [5.41, 5.74) is 0.811. The van der Waals surface area contributed by atoms with Gasteiger partial charge < -0.3 is 25.0 Å². The van der Waals surface area contributed by atoms with Crippen LogP contribution >= 0.6 is 11.8 Å². The third kappa shape index (κ3) is 12.5. The van der Waals surface area contributed by atoms with Crippen molar-refractivity contribution in [3.05, 3.63) is 70.8 Å². The molecule has 0 bridgehead atoms. The molecule has 0 radical (unpaired) electrons. The first-order valence-corrected chi connectivity index (χ1v) is 17.5. The van der Waals surface area contributed by atoms with Crippen molar-refractivity contribution in [3.8, 4) is 0 Å². The molecule has 0 aromatic heterocycles. The molecule has 3 amide bonds. The van der Waals surface area contributed by atoms with E-state index in [2.05, 4.69) is 10.6 Å². The van der Waals surface area contributed by atoms with Gasteiger partial charge in [0.05, 0.1) is 0 Å². The Kier molecular flexibility index (Phi) is 13.9. The lowest BCUT2D eigenvalue weighted by molar-refractivity contribution is -0.159. The van der Waals surface area contributed by atoms with Gasteiger partial charge in [-0.15, -0.1) is 0 Å². The molecule has 0 aliphatic heterocycles. The number of aryl methyl sites for hydroxylation is 1. The van der Waals surface area contributed by atoms with Crippen molar-refractivity contribution in [2.75, 3.05) is 12.0 Å². The van der Waals surface area contributed by atoms with E-state index in [0.29, 0.717) is 17.7 Å². The first-order valence-electron chi connectivity index (χ1n) is 16.1. The van der Waals surface area contributed by atoms with E-state index in [1.54, 1.807) is 53.3 Å². The van der Waals surface area contributed by atoms with Gasteiger partial charge >= 0.3 is 12.1 Å². The number of hydrogen-bond acceptors (Lipinski definition) is 7. The zero-order valence-electron chi connectivity index (χ0n) is 30.3. The summed E-state index contributed by atoms with van der Waals surface area (Å²) in [6.45, 7) is 20.0. The molecule has 2 aromatic rings. The number of alkyl carbamates (subject to hydrolysis) is 1. The van der Waals surface area contributed by atoms with Crippen LogP contribution in [0.15, 0.2) is 48.5 Å². The summed E-state index contributed by atoms with van der Waals surface area (Å²) in [5.74, 6) is -0.958. The van der Waals surface area contributed by atoms with Gasteiger partial charge in [-0.05, 0) is 117 Å². The van der Waals surface area contributed by atoms with E-state index in [1.807, 2.05) is 89.4 Å². The number of thioether (sulfide) groups is 1. The number of nitrogens with one attached hydrogen (secondary N) is 2. The molecule has 260 valence electrons. The molecule has 3 atom stereocenters. The van der Waals surface area contributed by atoms with Crippen molar-refractivity contribution in [2.24, 2.45) is 0 Å². The van der Waals surface area contributed by atoms with Crippen molar-refractivity contribution in [2.45, 2.75) is 124 Å². The number of carbonyl (C=O) groups excluding carboxylic acids is 4. The standard InChI is InChI=1S/C37H55N3O6S/c1-24-17-16-20-27(25(24)2)30(31(41)38-29(33(43)45-36(6,7)8)23-26-18-14-13-15-19-26)40(35(3,4)5)32(42)28(21-22-47-12)39-34(44)46-37(9,10)11/h13-20,28-30H,21-23H2,1-12H3,(H,38,41)(H,39,44). The smallest absolute Gasteiger partial charge is 0.408 e. The highest BCUT2D eigenvalue weighted by molar-refractivity contribution is 7.98. The normalized spacial score (nSPS) is 14.0. The van der Waals surface area contributed by atoms with Gasteiger partial charge in [0.1, 0.15) is 29.3 Å². The summed E-state index contributed by atoms with van der Waals surface area (Å²) < 4.78 is 11.3. The van der Waals surface area contributed by atoms with Crippen LogP contribution in [0.3, 0.4) is 0 Å². The number of nitrogens with zero attached hydrogens (tertiary/aromatic N) is 1. The average Bonchev–Trinajstić information content (AvgIpc) is 2.93. The fraction of sp³-hybridized carbons (Fsp3) is 0.568. The van der Waals surface area contributed by atoms with Crippen LogP contribution in [-0.2, 0) is 30.3 Å². The van der Waals surface area contributed by atoms with Crippen molar-refractivity contribution < 1.29 is 28.7 Å². The molecule has 0 fully saturated rings. The largest absolute Gasteiger partial charge is 0.458 e. The molecule has 0 saturated carbocycles. The van der Waals surface area contributed by atoms with Crippen LogP contribution in [0, 0.1) is 13.8 Å². The van der Waals surface area contributed by atoms with E-state index in [4.69, 9.17) is 9.47 Å². The number of benzene rings is 2. The number of rotatable bonds is 12. The number of hydrogen-bond donors (Lipinski definition) is 2. The summed E-state index contributed by atoms with van der Waals surface area (Å²) in [6.07, 6.45) is 1.72. The molecular formula is C37H55N3O6S. The second kappa shape index (κ2) is 16.5. The van der Waals surface area contributed by atoms with Crippen LogP contribution in [0.1, 0.15) is 97.0 Å². The zero-order valence-corrected chi connectivity index (χ0v) is 31.1. The highest BCUT2D eigenvalue weighted by Crippen LogP contribution is 2.33. The fourth-order valence-corrected chi connectivity index (χ4v) is 5.56. The number of esters is 1. The predicted octanol–water partition coefficient (Wildman–Crippen LogP) is 6.69. The molecule has 47 heavy (non-hydrogen) atoms. The quantitative estimate of drug-likeness (QED) is 0.242. The Hall–Kier alpha value is -3.53. The summed E-state index contributed by atoms with van der Waals surface area (Å²) in [7, 11) is 0. The third-order valence-electron chi connectivity index (χ3n) is 7.30. The zero-order chi connectivity index (χ0) is 35.7. The molecule has 2 N–H and O–H groups in total. The van der Waals surface area contributed by atoms with Gasteiger partial charge in [0.15, 0.2) is 0 Å². The van der Waals surface area contributed by atoms with Crippen LogP contribution in [0.2, 0.25) is 0 Å². The van der Waals surface area contributed by atoms with Gasteiger partial charge in [0, 0.05) is 12.0 Å². The first-order chi connectivity index (χ1) is 21.6. The molecule has 3 unspecified atom stereocenters. The Balaban J connectivity index is 2.70. The molecule has 2 aromatic carbocycles. The molecule has 0 aliphatic rings. The second-order valence-electron chi connectivity index (χ2n) is 14.8. The lowest BCUT2D eigenvalue weighted by atomic mass is 9.91. The van der Waals surface area contributed by atoms with E-state index in [1.165, 1.54) is 4.90 Å². The average molecular weight is 670 g/mol. The maximum absolute atomic E-state index is 14.7. The molecule has 0 saturated heterocycles. The first kappa shape index (κ1) is 39.6. The highest BCUT2D eigenvalue weighted by atomic mass is 32.2. The molecule has 0 heterocycles. The van der Waals surface area contributed by atoms with Crippen molar-refractivity contribution >= 4 is 35.6 Å². The van der Waals surface area contributed by atoms with Gasteiger partial charge in [-0.3, -0.25) is 9.59 Å². The van der Waals surface area contributed by atoms with Crippen LogP contribution in [0.5, 0.6) is 0 Å². The van der Waals surface area contributed by atoms with E-state index in [9.17, 15) is 19.2 Å². The van der Waals surface area contributed by atoms with Crippen molar-refractivity contribution in [1.29, 1.82) is 0 Å². The van der Waals surface area contributed by atoms with Crippen molar-refractivity contribution in [3.63, 3.8) is 0 Å². The predicted molar refractivity (Wildman–Crippen MR) is 189 cm³/mol. The summed E-state index contributed by atoms with van der Waals surface area (Å²) in [4.78, 5) is 57.4. The Morgan fingerprint density at radius 2 is 1.38 bits per heavy atom. The van der Waals surface area contributed by atoms with E-state index >= 15 is 0 Å².